The molecule has 0 saturated heterocycles. The fourth-order valence-corrected chi connectivity index (χ4v) is 4.06. The molecule has 2 N–H and O–H groups in total. The van der Waals surface area contributed by atoms with Crippen LogP contribution >= 0.6 is 0 Å². The molecule has 0 aliphatic heterocycles. The number of oxime groups is 2. The first-order chi connectivity index (χ1) is 12.7. The average molecular weight is 350 g/mol. The molecule has 1 aliphatic rings. The van der Waals surface area contributed by atoms with E-state index in [1.807, 2.05) is 49.4 Å². The Morgan fingerprint density at radius 3 is 2.04 bits per heavy atom. The van der Waals surface area contributed by atoms with E-state index in [9.17, 15) is 10.4 Å². The van der Waals surface area contributed by atoms with Gasteiger partial charge in [-0.3, -0.25) is 0 Å². The summed E-state index contributed by atoms with van der Waals surface area (Å²) in [5.41, 5.74) is 4.33. The highest BCUT2D eigenvalue weighted by Gasteiger charge is 2.31. The summed E-state index contributed by atoms with van der Waals surface area (Å²) in [6.07, 6.45) is 5.73. The maximum absolute atomic E-state index is 9.76. The molecule has 0 heterocycles. The molecule has 26 heavy (non-hydrogen) atoms. The van der Waals surface area contributed by atoms with Gasteiger partial charge in [-0.2, -0.15) is 0 Å². The molecule has 136 valence electrons. The van der Waals surface area contributed by atoms with Gasteiger partial charge in [0.25, 0.3) is 0 Å². The summed E-state index contributed by atoms with van der Waals surface area (Å²) in [6, 6.07) is 18.2. The van der Waals surface area contributed by atoms with E-state index in [4.69, 9.17) is 0 Å². The van der Waals surface area contributed by atoms with Crippen LogP contribution in [0.1, 0.15) is 44.6 Å². The lowest BCUT2D eigenvalue weighted by molar-refractivity contribution is 0.291. The molecule has 3 rings (SSSR count). The second kappa shape index (κ2) is 8.65. The van der Waals surface area contributed by atoms with Crippen LogP contribution in [-0.2, 0) is 0 Å². The molecule has 2 aromatic carbocycles. The third-order valence-corrected chi connectivity index (χ3v) is 5.42. The second-order valence-electron chi connectivity index (χ2n) is 7.05. The van der Waals surface area contributed by atoms with E-state index in [1.54, 1.807) is 0 Å². The first-order valence-electron chi connectivity index (χ1n) is 9.31. The largest absolute Gasteiger partial charge is 0.411 e. The zero-order chi connectivity index (χ0) is 18.4. The molecule has 1 aliphatic carbocycles. The van der Waals surface area contributed by atoms with E-state index < -0.39 is 0 Å². The van der Waals surface area contributed by atoms with E-state index in [-0.39, 0.29) is 5.92 Å². The van der Waals surface area contributed by atoms with Crippen molar-refractivity contribution in [3.05, 3.63) is 60.2 Å². The molecule has 1 atom stereocenters. The van der Waals surface area contributed by atoms with Gasteiger partial charge >= 0.3 is 0 Å². The van der Waals surface area contributed by atoms with E-state index in [0.717, 1.165) is 29.5 Å². The lowest BCUT2D eigenvalue weighted by Crippen LogP contribution is -2.32. The molecule has 1 unspecified atom stereocenters. The second-order valence-corrected chi connectivity index (χ2v) is 7.05. The zero-order valence-electron chi connectivity index (χ0n) is 15.2. The highest BCUT2D eigenvalue weighted by molar-refractivity contribution is 6.14. The van der Waals surface area contributed by atoms with Crippen LogP contribution in [0.25, 0.3) is 11.1 Å². The predicted molar refractivity (Wildman–Crippen MR) is 105 cm³/mol. The van der Waals surface area contributed by atoms with Crippen molar-refractivity contribution < 1.29 is 10.4 Å². The van der Waals surface area contributed by atoms with Gasteiger partial charge in [0.15, 0.2) is 0 Å². The minimum Gasteiger partial charge on any atom is -0.411 e. The highest BCUT2D eigenvalue weighted by atomic mass is 16.4. The van der Waals surface area contributed by atoms with Crippen molar-refractivity contribution in [2.45, 2.75) is 39.0 Å². The molecule has 1 saturated carbocycles. The maximum atomic E-state index is 9.76. The minimum absolute atomic E-state index is 0.159. The van der Waals surface area contributed by atoms with Gasteiger partial charge < -0.3 is 10.4 Å². The third-order valence-electron chi connectivity index (χ3n) is 5.42. The number of hydrogen-bond donors (Lipinski definition) is 2. The first-order valence-corrected chi connectivity index (χ1v) is 9.31. The first kappa shape index (κ1) is 18.2. The van der Waals surface area contributed by atoms with Crippen LogP contribution in [0.15, 0.2) is 64.9 Å². The van der Waals surface area contributed by atoms with Crippen LogP contribution in [-0.4, -0.2) is 21.8 Å². The topological polar surface area (TPSA) is 65.2 Å². The Balaban J connectivity index is 1.90. The van der Waals surface area contributed by atoms with Gasteiger partial charge in [-0.05, 0) is 36.8 Å². The number of hydrogen-bond acceptors (Lipinski definition) is 4. The molecule has 0 amide bonds. The van der Waals surface area contributed by atoms with Crippen molar-refractivity contribution in [1.29, 1.82) is 0 Å². The van der Waals surface area contributed by atoms with Gasteiger partial charge in [0, 0.05) is 11.5 Å². The molecule has 0 bridgehead atoms. The molecule has 4 heteroatoms. The normalized spacial score (nSPS) is 17.9. The van der Waals surface area contributed by atoms with Crippen LogP contribution in [0.4, 0.5) is 0 Å². The highest BCUT2D eigenvalue weighted by Crippen LogP contribution is 2.33. The van der Waals surface area contributed by atoms with Crippen LogP contribution in [0.5, 0.6) is 0 Å². The van der Waals surface area contributed by atoms with Crippen molar-refractivity contribution in [3.8, 4) is 11.1 Å². The molecule has 4 nitrogen and oxygen atoms in total. The molecular formula is C22H26N2O2. The number of nitrogens with zero attached hydrogens (tertiary/aromatic N) is 2. The van der Waals surface area contributed by atoms with Crippen molar-refractivity contribution in [2.75, 3.05) is 0 Å². The van der Waals surface area contributed by atoms with Gasteiger partial charge in [0.2, 0.25) is 0 Å². The predicted octanol–water partition coefficient (Wildman–Crippen LogP) is 5.58. The van der Waals surface area contributed by atoms with Gasteiger partial charge in [0.1, 0.15) is 0 Å². The van der Waals surface area contributed by atoms with Crippen molar-refractivity contribution in [3.63, 3.8) is 0 Å². The minimum atomic E-state index is -0.159. The summed E-state index contributed by atoms with van der Waals surface area (Å²) in [7, 11) is 0. The molecule has 2 aromatic rings. The Morgan fingerprint density at radius 1 is 0.846 bits per heavy atom. The lowest BCUT2D eigenvalue weighted by atomic mass is 9.74. The zero-order valence-corrected chi connectivity index (χ0v) is 15.2. The van der Waals surface area contributed by atoms with Gasteiger partial charge in [0.05, 0.1) is 11.4 Å². The number of rotatable bonds is 5. The van der Waals surface area contributed by atoms with Gasteiger partial charge in [-0.15, -0.1) is 0 Å². The molecule has 0 spiro atoms. The SMILES string of the molecule is CC(=NO)C(C(=NO)c1ccc(-c2ccccc2)cc1)C1CCCCC1. The molecule has 1 fully saturated rings. The Hall–Kier alpha value is -2.62. The van der Waals surface area contributed by atoms with E-state index >= 15 is 0 Å². The summed E-state index contributed by atoms with van der Waals surface area (Å²) in [5.74, 6) is 0.187. The summed E-state index contributed by atoms with van der Waals surface area (Å²) in [4.78, 5) is 0. The molecule has 0 aromatic heterocycles. The Morgan fingerprint density at radius 2 is 1.46 bits per heavy atom. The lowest BCUT2D eigenvalue weighted by Gasteiger charge is -2.30. The fourth-order valence-electron chi connectivity index (χ4n) is 4.06. The van der Waals surface area contributed by atoms with E-state index in [2.05, 4.69) is 22.4 Å². The average Bonchev–Trinajstić information content (AvgIpc) is 2.73. The summed E-state index contributed by atoms with van der Waals surface area (Å²) in [6.45, 7) is 1.81. The van der Waals surface area contributed by atoms with Crippen molar-refractivity contribution in [2.24, 2.45) is 22.1 Å². The fraction of sp³-hybridized carbons (Fsp3) is 0.364. The Labute approximate surface area is 154 Å². The monoisotopic (exact) mass is 350 g/mol. The quantitative estimate of drug-likeness (QED) is 0.420. The standard InChI is InChI=1S/C22H26N2O2/c1-16(23-25)21(19-10-6-3-7-11-19)22(24-26)20-14-12-18(13-15-20)17-8-4-2-5-9-17/h2,4-5,8-9,12-15,19,21,25-26H,3,6-7,10-11H2,1H3. The molecule has 0 radical (unpaired) electrons. The van der Waals surface area contributed by atoms with Gasteiger partial charge in [-0.25, -0.2) is 0 Å². The van der Waals surface area contributed by atoms with Crippen LogP contribution < -0.4 is 0 Å². The summed E-state index contributed by atoms with van der Waals surface area (Å²) in [5, 5.41) is 26.2. The van der Waals surface area contributed by atoms with Crippen LogP contribution in [0, 0.1) is 11.8 Å². The maximum Gasteiger partial charge on any atom is 0.0958 e. The summed E-state index contributed by atoms with van der Waals surface area (Å²) >= 11 is 0. The smallest absolute Gasteiger partial charge is 0.0958 e. The van der Waals surface area contributed by atoms with E-state index in [0.29, 0.717) is 17.3 Å². The third kappa shape index (κ3) is 3.96. The van der Waals surface area contributed by atoms with Crippen LogP contribution in [0.3, 0.4) is 0 Å². The van der Waals surface area contributed by atoms with Crippen molar-refractivity contribution >= 4 is 11.4 Å². The number of benzene rings is 2. The Kier molecular flexibility index (Phi) is 6.05. The van der Waals surface area contributed by atoms with Gasteiger partial charge in [-0.1, -0.05) is 84.2 Å². The summed E-state index contributed by atoms with van der Waals surface area (Å²) < 4.78 is 0. The van der Waals surface area contributed by atoms with E-state index in [1.165, 1.54) is 19.3 Å². The Bertz CT molecular complexity index is 760. The van der Waals surface area contributed by atoms with Crippen molar-refractivity contribution in [1.82, 2.24) is 0 Å². The van der Waals surface area contributed by atoms with Crippen LogP contribution in [0.2, 0.25) is 0 Å². The molecular weight excluding hydrogens is 324 g/mol.